The molecule has 2 aromatic rings. The van der Waals surface area contributed by atoms with Gasteiger partial charge in [-0.2, -0.15) is 0 Å². The molecule has 0 saturated heterocycles. The summed E-state index contributed by atoms with van der Waals surface area (Å²) in [6.07, 6.45) is 1.76. The standard InChI is InChI=1S/C15H18N2O3/c1-17-10-12(5-7-15(17)18)16-9-11-4-6-13(19-2)8-14(11)20-3/h4-8,10,16H,9H2,1-3H3. The number of pyridine rings is 1. The number of nitrogens with zero attached hydrogens (tertiary/aromatic N) is 1. The molecule has 0 radical (unpaired) electrons. The number of aryl methyl sites for hydroxylation is 1. The smallest absolute Gasteiger partial charge is 0.250 e. The third-order valence-electron chi connectivity index (χ3n) is 3.06. The Kier molecular flexibility index (Phi) is 4.30. The average Bonchev–Trinajstić information content (AvgIpc) is 2.48. The third-order valence-corrected chi connectivity index (χ3v) is 3.06. The molecule has 106 valence electrons. The van der Waals surface area contributed by atoms with Crippen molar-refractivity contribution in [1.29, 1.82) is 0 Å². The quantitative estimate of drug-likeness (QED) is 0.906. The minimum absolute atomic E-state index is 0.0300. The lowest BCUT2D eigenvalue weighted by Gasteiger charge is -2.12. The molecule has 5 nitrogen and oxygen atoms in total. The minimum atomic E-state index is -0.0300. The average molecular weight is 274 g/mol. The Morgan fingerprint density at radius 1 is 1.15 bits per heavy atom. The van der Waals surface area contributed by atoms with E-state index in [0.717, 1.165) is 22.7 Å². The maximum absolute atomic E-state index is 11.3. The van der Waals surface area contributed by atoms with Crippen LogP contribution in [0.15, 0.2) is 41.3 Å². The Balaban J connectivity index is 2.13. The number of ether oxygens (including phenoxy) is 2. The SMILES string of the molecule is COc1ccc(CNc2ccc(=O)n(C)c2)c(OC)c1. The van der Waals surface area contributed by atoms with E-state index in [-0.39, 0.29) is 5.56 Å². The zero-order valence-electron chi connectivity index (χ0n) is 11.8. The number of hydrogen-bond acceptors (Lipinski definition) is 4. The second-order valence-electron chi connectivity index (χ2n) is 4.40. The largest absolute Gasteiger partial charge is 0.497 e. The molecular weight excluding hydrogens is 256 g/mol. The number of rotatable bonds is 5. The molecule has 1 aromatic carbocycles. The first-order valence-electron chi connectivity index (χ1n) is 6.25. The molecule has 0 fully saturated rings. The van der Waals surface area contributed by atoms with Gasteiger partial charge in [0.1, 0.15) is 11.5 Å². The fourth-order valence-corrected chi connectivity index (χ4v) is 1.89. The van der Waals surface area contributed by atoms with E-state index in [9.17, 15) is 4.79 Å². The zero-order valence-corrected chi connectivity index (χ0v) is 11.8. The summed E-state index contributed by atoms with van der Waals surface area (Å²) >= 11 is 0. The van der Waals surface area contributed by atoms with Crippen LogP contribution in [0, 0.1) is 0 Å². The predicted molar refractivity (Wildman–Crippen MR) is 78.6 cm³/mol. The van der Waals surface area contributed by atoms with Gasteiger partial charge in [0.05, 0.1) is 19.9 Å². The van der Waals surface area contributed by atoms with E-state index in [1.165, 1.54) is 10.6 Å². The lowest BCUT2D eigenvalue weighted by atomic mass is 10.2. The minimum Gasteiger partial charge on any atom is -0.497 e. The molecule has 1 aromatic heterocycles. The van der Waals surface area contributed by atoms with Crippen LogP contribution in [-0.4, -0.2) is 18.8 Å². The highest BCUT2D eigenvalue weighted by atomic mass is 16.5. The second-order valence-corrected chi connectivity index (χ2v) is 4.40. The molecule has 1 heterocycles. The molecule has 20 heavy (non-hydrogen) atoms. The number of methoxy groups -OCH3 is 2. The first-order chi connectivity index (χ1) is 9.63. The van der Waals surface area contributed by atoms with Crippen LogP contribution < -0.4 is 20.3 Å². The zero-order chi connectivity index (χ0) is 14.5. The monoisotopic (exact) mass is 274 g/mol. The summed E-state index contributed by atoms with van der Waals surface area (Å²) in [6.45, 7) is 0.603. The van der Waals surface area contributed by atoms with Crippen molar-refractivity contribution in [2.75, 3.05) is 19.5 Å². The van der Waals surface area contributed by atoms with Crippen LogP contribution in [0.4, 0.5) is 5.69 Å². The normalized spacial score (nSPS) is 10.2. The van der Waals surface area contributed by atoms with Gasteiger partial charge in [-0.3, -0.25) is 4.79 Å². The van der Waals surface area contributed by atoms with Gasteiger partial charge in [0.15, 0.2) is 0 Å². The summed E-state index contributed by atoms with van der Waals surface area (Å²) in [5.41, 5.74) is 1.87. The Labute approximate surface area is 117 Å². The highest BCUT2D eigenvalue weighted by molar-refractivity contribution is 5.45. The summed E-state index contributed by atoms with van der Waals surface area (Å²) in [4.78, 5) is 11.3. The number of hydrogen-bond donors (Lipinski definition) is 1. The highest BCUT2D eigenvalue weighted by Gasteiger charge is 2.05. The van der Waals surface area contributed by atoms with Gasteiger partial charge >= 0.3 is 0 Å². The van der Waals surface area contributed by atoms with E-state index in [2.05, 4.69) is 5.32 Å². The van der Waals surface area contributed by atoms with Crippen molar-refractivity contribution in [3.63, 3.8) is 0 Å². The molecule has 2 rings (SSSR count). The van der Waals surface area contributed by atoms with E-state index in [1.54, 1.807) is 33.5 Å². The molecule has 0 saturated carbocycles. The van der Waals surface area contributed by atoms with Gasteiger partial charge < -0.3 is 19.4 Å². The lowest BCUT2D eigenvalue weighted by molar-refractivity contribution is 0.391. The van der Waals surface area contributed by atoms with Gasteiger partial charge in [-0.25, -0.2) is 0 Å². The highest BCUT2D eigenvalue weighted by Crippen LogP contribution is 2.25. The van der Waals surface area contributed by atoms with Gasteiger partial charge in [0, 0.05) is 37.5 Å². The summed E-state index contributed by atoms with van der Waals surface area (Å²) in [7, 11) is 4.98. The third kappa shape index (κ3) is 3.12. The summed E-state index contributed by atoms with van der Waals surface area (Å²) in [6, 6.07) is 8.98. The van der Waals surface area contributed by atoms with Crippen LogP contribution in [0.1, 0.15) is 5.56 Å². The van der Waals surface area contributed by atoms with Gasteiger partial charge in [-0.1, -0.05) is 0 Å². The van der Waals surface area contributed by atoms with Gasteiger partial charge in [-0.15, -0.1) is 0 Å². The van der Waals surface area contributed by atoms with Crippen molar-refractivity contribution < 1.29 is 9.47 Å². The molecular formula is C15H18N2O3. The summed E-state index contributed by atoms with van der Waals surface area (Å²) < 4.78 is 12.0. The van der Waals surface area contributed by atoms with Crippen LogP contribution in [-0.2, 0) is 13.6 Å². The van der Waals surface area contributed by atoms with Crippen molar-refractivity contribution in [3.8, 4) is 11.5 Å². The van der Waals surface area contributed by atoms with Gasteiger partial charge in [0.25, 0.3) is 0 Å². The maximum Gasteiger partial charge on any atom is 0.250 e. The number of benzene rings is 1. The Morgan fingerprint density at radius 2 is 1.95 bits per heavy atom. The van der Waals surface area contributed by atoms with Gasteiger partial charge in [-0.05, 0) is 18.2 Å². The molecule has 0 aliphatic rings. The van der Waals surface area contributed by atoms with Gasteiger partial charge in [0.2, 0.25) is 5.56 Å². The molecule has 5 heteroatoms. The molecule has 1 N–H and O–H groups in total. The second kappa shape index (κ2) is 6.14. The maximum atomic E-state index is 11.3. The number of anilines is 1. The first kappa shape index (κ1) is 14.0. The number of nitrogens with one attached hydrogen (secondary N) is 1. The molecule has 0 spiro atoms. The van der Waals surface area contributed by atoms with E-state index < -0.39 is 0 Å². The molecule has 0 atom stereocenters. The molecule has 0 amide bonds. The Hall–Kier alpha value is -2.43. The van der Waals surface area contributed by atoms with E-state index in [1.807, 2.05) is 18.2 Å². The number of aromatic nitrogens is 1. The fourth-order valence-electron chi connectivity index (χ4n) is 1.89. The van der Waals surface area contributed by atoms with Crippen molar-refractivity contribution in [2.45, 2.75) is 6.54 Å². The Bertz CT molecular complexity index is 650. The van der Waals surface area contributed by atoms with Crippen LogP contribution in [0.3, 0.4) is 0 Å². The summed E-state index contributed by atoms with van der Waals surface area (Å²) in [5.74, 6) is 1.52. The van der Waals surface area contributed by atoms with E-state index >= 15 is 0 Å². The van der Waals surface area contributed by atoms with Crippen molar-refractivity contribution in [3.05, 3.63) is 52.4 Å². The summed E-state index contributed by atoms with van der Waals surface area (Å²) in [5, 5.41) is 3.26. The van der Waals surface area contributed by atoms with E-state index in [0.29, 0.717) is 6.54 Å². The van der Waals surface area contributed by atoms with E-state index in [4.69, 9.17) is 9.47 Å². The molecule has 0 bridgehead atoms. The molecule has 0 aliphatic carbocycles. The van der Waals surface area contributed by atoms with Crippen LogP contribution in [0.25, 0.3) is 0 Å². The lowest BCUT2D eigenvalue weighted by Crippen LogP contribution is -2.15. The topological polar surface area (TPSA) is 52.5 Å². The Morgan fingerprint density at radius 3 is 2.60 bits per heavy atom. The van der Waals surface area contributed by atoms with Crippen molar-refractivity contribution in [2.24, 2.45) is 7.05 Å². The molecule has 0 unspecified atom stereocenters. The fraction of sp³-hybridized carbons (Fsp3) is 0.267. The van der Waals surface area contributed by atoms with Crippen LogP contribution in [0.5, 0.6) is 11.5 Å². The predicted octanol–water partition coefficient (Wildman–Crippen LogP) is 2.01. The van der Waals surface area contributed by atoms with Crippen LogP contribution >= 0.6 is 0 Å². The van der Waals surface area contributed by atoms with Crippen molar-refractivity contribution >= 4 is 5.69 Å². The first-order valence-corrected chi connectivity index (χ1v) is 6.25. The van der Waals surface area contributed by atoms with Crippen molar-refractivity contribution in [1.82, 2.24) is 4.57 Å². The molecule has 0 aliphatic heterocycles. The van der Waals surface area contributed by atoms with Crippen LogP contribution in [0.2, 0.25) is 0 Å².